The lowest BCUT2D eigenvalue weighted by Crippen LogP contribution is -2.70. The van der Waals surface area contributed by atoms with Gasteiger partial charge in [0.1, 0.15) is 29.1 Å². The molecule has 0 spiro atoms. The van der Waals surface area contributed by atoms with E-state index in [1.807, 2.05) is 12.1 Å². The highest BCUT2D eigenvalue weighted by atomic mass is 19.1. The molecule has 2 aliphatic carbocycles. The number of allylic oxidation sites excluding steroid dienone is 1. The highest BCUT2D eigenvalue weighted by Crippen LogP contribution is 2.62. The second-order valence-electron chi connectivity index (χ2n) is 20.1. The second kappa shape index (κ2) is 28.4. The zero-order chi connectivity index (χ0) is 51.4. The molecule has 15 heteroatoms. The van der Waals surface area contributed by atoms with Gasteiger partial charge in [0.05, 0.1) is 42.4 Å². The molecule has 7 atom stereocenters. The molecule has 7 rings (SSSR count). The molecule has 2 heterocycles. The molecule has 2 aliphatic heterocycles. The minimum Gasteiger partial charge on any atom is -0.459 e. The Kier molecular flexibility index (Phi) is 21.5. The number of non-ortho nitro benzene ring substituents is 1. The van der Waals surface area contributed by atoms with Gasteiger partial charge < -0.3 is 38.7 Å². The van der Waals surface area contributed by atoms with Crippen molar-refractivity contribution in [1.82, 2.24) is 4.90 Å². The van der Waals surface area contributed by atoms with Crippen molar-refractivity contribution in [2.75, 3.05) is 33.0 Å². The van der Waals surface area contributed by atoms with E-state index >= 15 is 4.79 Å². The zero-order valence-electron chi connectivity index (χ0n) is 42.8. The molecule has 1 amide bonds. The van der Waals surface area contributed by atoms with E-state index in [2.05, 4.69) is 19.6 Å². The predicted molar refractivity (Wildman–Crippen MR) is 278 cm³/mol. The van der Waals surface area contributed by atoms with Crippen LogP contribution >= 0.6 is 0 Å². The van der Waals surface area contributed by atoms with Crippen LogP contribution in [0.3, 0.4) is 0 Å². The summed E-state index contributed by atoms with van der Waals surface area (Å²) in [4.78, 5) is 34.4. The van der Waals surface area contributed by atoms with Crippen molar-refractivity contribution < 1.29 is 52.8 Å². The number of carbonyl (C=O) groups excluding carboxylic acids is 1. The number of amides is 1. The summed E-state index contributed by atoms with van der Waals surface area (Å²) in [5.41, 5.74) is 2.85. The molecule has 2 fully saturated rings. The number of unbranched alkanes of at least 4 members (excludes halogenated alkanes) is 11. The Morgan fingerprint density at radius 3 is 2.34 bits per heavy atom. The molecular weight excluding hydrogens is 934 g/mol. The minimum absolute atomic E-state index is 0.0279. The van der Waals surface area contributed by atoms with E-state index in [0.29, 0.717) is 67.2 Å². The topological polar surface area (TPSA) is 172 Å². The maximum atomic E-state index is 15.1. The molecule has 0 radical (unpaired) electrons. The van der Waals surface area contributed by atoms with Crippen molar-refractivity contribution in [3.8, 4) is 17.2 Å². The summed E-state index contributed by atoms with van der Waals surface area (Å²) < 4.78 is 47.8. The monoisotopic (exact) mass is 1010 g/mol. The lowest BCUT2D eigenvalue weighted by Gasteiger charge is -2.60. The van der Waals surface area contributed by atoms with Gasteiger partial charge in [0, 0.05) is 50.1 Å². The lowest BCUT2D eigenvalue weighted by atomic mass is 9.55. The van der Waals surface area contributed by atoms with E-state index in [1.165, 1.54) is 62.8 Å². The number of aliphatic hydroxyl groups is 2. The van der Waals surface area contributed by atoms with Gasteiger partial charge in [0.25, 0.3) is 5.69 Å². The zero-order valence-corrected chi connectivity index (χ0v) is 42.8. The number of aliphatic hydroxyl groups excluding tert-OH is 2. The number of hydrogen-bond donors (Lipinski definition) is 2. The van der Waals surface area contributed by atoms with Gasteiger partial charge in [-0.2, -0.15) is 0 Å². The normalized spacial score (nSPS) is 23.6. The molecule has 1 saturated heterocycles. The molecule has 398 valence electrons. The molecule has 0 bridgehead atoms. The van der Waals surface area contributed by atoms with Gasteiger partial charge in [-0.1, -0.05) is 113 Å². The fraction of sp³-hybridized carbons (Fsp3) is 0.586. The van der Waals surface area contributed by atoms with Crippen LogP contribution in [-0.4, -0.2) is 83.0 Å². The van der Waals surface area contributed by atoms with E-state index < -0.39 is 40.9 Å². The quantitative estimate of drug-likeness (QED) is 0.0282. The smallest absolute Gasteiger partial charge is 0.410 e. The van der Waals surface area contributed by atoms with Crippen LogP contribution < -0.4 is 9.47 Å². The number of halogens is 1. The summed E-state index contributed by atoms with van der Waals surface area (Å²) in [5.74, 6) is -1.83. The number of rotatable bonds is 30. The molecule has 2 N–H and O–H groups in total. The van der Waals surface area contributed by atoms with Gasteiger partial charge in [0.15, 0.2) is 0 Å². The summed E-state index contributed by atoms with van der Waals surface area (Å²) in [7, 11) is 0. The van der Waals surface area contributed by atoms with Gasteiger partial charge >= 0.3 is 6.09 Å². The van der Waals surface area contributed by atoms with Crippen molar-refractivity contribution >= 4 is 17.5 Å². The third kappa shape index (κ3) is 14.7. The first-order chi connectivity index (χ1) is 35.7. The number of nitrogens with zero attached hydrogens (tertiary/aromatic N) is 3. The van der Waals surface area contributed by atoms with E-state index in [9.17, 15) is 24.7 Å². The average Bonchev–Trinajstić information content (AvgIpc) is 3.40. The highest BCUT2D eigenvalue weighted by Gasteiger charge is 2.66. The van der Waals surface area contributed by atoms with Crippen LogP contribution in [0.25, 0.3) is 0 Å². The van der Waals surface area contributed by atoms with Crippen molar-refractivity contribution in [1.29, 1.82) is 0 Å². The minimum atomic E-state index is -1.58. The molecule has 14 nitrogen and oxygen atoms in total. The summed E-state index contributed by atoms with van der Waals surface area (Å²) in [6.07, 6.45) is 20.9. The standard InChI is InChI=1S/C58H78FN3O11/c1-3-5-6-7-8-9-10-11-12-18-36-69-57(65)61(41-42-26-28-44(59)29-27-42)53-40-51(60-73-54-25-15-19-35-68-54)49-37-43(21-13-16-32-63)48(24-14-17-33-64)55-50-39-47(71-46-23-20-22-45(38-46)62(66)67)30-31-52(50)72-58(53,56(49)55)70-34-4-2/h4,20,22-23,26-31,37-39,43,48,53-56,63-64H,2-3,5-19,21,24-25,32-36,40-41H2,1H3. The molecule has 0 aromatic heterocycles. The number of hydrogen-bond acceptors (Lipinski definition) is 12. The number of carbonyl (C=O) groups is 1. The Hall–Kier alpha value is -5.35. The van der Waals surface area contributed by atoms with Crippen LogP contribution in [0.1, 0.15) is 152 Å². The van der Waals surface area contributed by atoms with Gasteiger partial charge in [-0.25, -0.2) is 9.18 Å². The number of nitro groups is 1. The van der Waals surface area contributed by atoms with Crippen molar-refractivity contribution in [2.45, 2.75) is 166 Å². The third-order valence-corrected chi connectivity index (χ3v) is 14.9. The van der Waals surface area contributed by atoms with Crippen molar-refractivity contribution in [3.63, 3.8) is 0 Å². The van der Waals surface area contributed by atoms with E-state index in [0.717, 1.165) is 62.5 Å². The molecule has 1 saturated carbocycles. The predicted octanol–water partition coefficient (Wildman–Crippen LogP) is 13.2. The van der Waals surface area contributed by atoms with Crippen LogP contribution in [0.2, 0.25) is 0 Å². The number of ether oxygens (including phenoxy) is 5. The van der Waals surface area contributed by atoms with Gasteiger partial charge in [-0.3, -0.25) is 15.0 Å². The SMILES string of the molecule is C=CCOC12Oc3ccc(Oc4cccc([N+](=O)[O-])c4)cc3C3C(CCCCO)C(CCCCO)C=C(C(=NOC4CCCCO4)CC1N(Cc1ccc(F)cc1)C(=O)OCCCCCCCCCCCC)C32. The summed E-state index contributed by atoms with van der Waals surface area (Å²) in [6.45, 7) is 7.23. The number of oxime groups is 1. The number of benzene rings is 3. The van der Waals surface area contributed by atoms with Gasteiger partial charge in [-0.15, -0.1) is 6.58 Å². The van der Waals surface area contributed by atoms with Crippen molar-refractivity contribution in [2.24, 2.45) is 22.9 Å². The Bertz CT molecular complexity index is 2290. The number of nitro benzene ring substituents is 1. The molecule has 3 aromatic rings. The summed E-state index contributed by atoms with van der Waals surface area (Å²) in [6, 6.07) is 16.8. The lowest BCUT2D eigenvalue weighted by molar-refractivity contribution is -0.384. The first kappa shape index (κ1) is 55.4. The van der Waals surface area contributed by atoms with Gasteiger partial charge in [0.2, 0.25) is 12.1 Å². The van der Waals surface area contributed by atoms with Crippen molar-refractivity contribution in [3.05, 3.63) is 118 Å². The maximum absolute atomic E-state index is 15.1. The average molecular weight is 1010 g/mol. The largest absolute Gasteiger partial charge is 0.459 e. The summed E-state index contributed by atoms with van der Waals surface area (Å²) in [5, 5.41) is 36.8. The fourth-order valence-electron chi connectivity index (χ4n) is 11.3. The fourth-order valence-corrected chi connectivity index (χ4v) is 11.3. The second-order valence-corrected chi connectivity index (χ2v) is 20.1. The van der Waals surface area contributed by atoms with Crippen LogP contribution in [0.5, 0.6) is 17.2 Å². The van der Waals surface area contributed by atoms with Crippen LogP contribution in [0, 0.1) is 33.7 Å². The number of fused-ring (bicyclic) bond motifs is 2. The molecule has 3 aromatic carbocycles. The van der Waals surface area contributed by atoms with Crippen LogP contribution in [-0.2, 0) is 25.6 Å². The molecular formula is C58H78FN3O11. The molecule has 73 heavy (non-hydrogen) atoms. The summed E-state index contributed by atoms with van der Waals surface area (Å²) >= 11 is 0. The molecule has 7 unspecified atom stereocenters. The van der Waals surface area contributed by atoms with E-state index in [4.69, 9.17) is 33.7 Å². The van der Waals surface area contributed by atoms with E-state index in [1.54, 1.807) is 41.3 Å². The van der Waals surface area contributed by atoms with Gasteiger partial charge in [-0.05, 0) is 104 Å². The first-order valence-corrected chi connectivity index (χ1v) is 27.2. The highest BCUT2D eigenvalue weighted by molar-refractivity contribution is 6.03. The Labute approximate surface area is 431 Å². The Balaban J connectivity index is 1.34. The Morgan fingerprint density at radius 1 is 0.918 bits per heavy atom. The maximum Gasteiger partial charge on any atom is 0.410 e. The van der Waals surface area contributed by atoms with E-state index in [-0.39, 0.29) is 62.8 Å². The first-order valence-electron chi connectivity index (χ1n) is 27.2. The Morgan fingerprint density at radius 2 is 1.64 bits per heavy atom. The van der Waals surface area contributed by atoms with Crippen LogP contribution in [0.15, 0.2) is 96.2 Å². The molecule has 4 aliphatic rings. The van der Waals surface area contributed by atoms with Crippen LogP contribution in [0.4, 0.5) is 14.9 Å². The third-order valence-electron chi connectivity index (χ3n) is 14.9.